The number of rotatable bonds is 3. The van der Waals surface area contributed by atoms with Gasteiger partial charge in [0.2, 0.25) is 15.9 Å². The van der Waals surface area contributed by atoms with Crippen LogP contribution in [0.3, 0.4) is 0 Å². The number of aromatic nitrogens is 2. The van der Waals surface area contributed by atoms with Gasteiger partial charge in [-0.3, -0.25) is 9.48 Å². The number of aryl methyl sites for hydroxylation is 1. The van der Waals surface area contributed by atoms with Crippen molar-refractivity contribution >= 4 is 15.9 Å². The van der Waals surface area contributed by atoms with Crippen molar-refractivity contribution in [2.24, 2.45) is 24.8 Å². The van der Waals surface area contributed by atoms with Crippen molar-refractivity contribution in [2.75, 3.05) is 26.2 Å². The summed E-state index contributed by atoms with van der Waals surface area (Å²) >= 11 is 0. The first-order chi connectivity index (χ1) is 11.9. The molecule has 1 saturated heterocycles. The van der Waals surface area contributed by atoms with E-state index in [1.807, 2.05) is 4.90 Å². The van der Waals surface area contributed by atoms with Crippen molar-refractivity contribution in [3.8, 4) is 0 Å². The van der Waals surface area contributed by atoms with E-state index in [0.29, 0.717) is 44.4 Å². The lowest BCUT2D eigenvalue weighted by atomic mass is 9.92. The number of hydrogen-bond acceptors (Lipinski definition) is 4. The third kappa shape index (κ3) is 3.01. The van der Waals surface area contributed by atoms with Gasteiger partial charge in [-0.25, -0.2) is 8.42 Å². The summed E-state index contributed by atoms with van der Waals surface area (Å²) in [6, 6.07) is 0. The molecular formula is C17H24N4O3S. The topological polar surface area (TPSA) is 75.5 Å². The van der Waals surface area contributed by atoms with Crippen LogP contribution in [-0.2, 0) is 21.9 Å². The van der Waals surface area contributed by atoms with Crippen LogP contribution in [0.1, 0.15) is 19.3 Å². The lowest BCUT2D eigenvalue weighted by Crippen LogP contribution is -2.41. The number of fused-ring (bicyclic) bond motifs is 2. The molecule has 136 valence electrons. The Labute approximate surface area is 148 Å². The molecule has 0 N–H and O–H groups in total. The van der Waals surface area contributed by atoms with Gasteiger partial charge < -0.3 is 4.90 Å². The molecule has 8 heteroatoms. The highest BCUT2D eigenvalue weighted by Crippen LogP contribution is 2.44. The van der Waals surface area contributed by atoms with Crippen LogP contribution in [0.5, 0.6) is 0 Å². The first-order valence-electron chi connectivity index (χ1n) is 8.91. The summed E-state index contributed by atoms with van der Waals surface area (Å²) in [5.41, 5.74) is 0. The first-order valence-corrected chi connectivity index (χ1v) is 10.3. The Kier molecular flexibility index (Phi) is 4.19. The summed E-state index contributed by atoms with van der Waals surface area (Å²) < 4.78 is 28.5. The average molecular weight is 364 g/mol. The number of hydrogen-bond donors (Lipinski definition) is 0. The Morgan fingerprint density at radius 1 is 1.16 bits per heavy atom. The molecule has 1 aliphatic heterocycles. The lowest BCUT2D eigenvalue weighted by molar-refractivity contribution is -0.136. The van der Waals surface area contributed by atoms with E-state index in [-0.39, 0.29) is 16.7 Å². The average Bonchev–Trinajstić information content (AvgIpc) is 3.27. The molecule has 1 aromatic heterocycles. The van der Waals surface area contributed by atoms with Gasteiger partial charge in [0.1, 0.15) is 4.90 Å². The highest BCUT2D eigenvalue weighted by Gasteiger charge is 2.42. The zero-order valence-corrected chi connectivity index (χ0v) is 15.2. The van der Waals surface area contributed by atoms with Crippen molar-refractivity contribution in [3.05, 3.63) is 24.5 Å². The van der Waals surface area contributed by atoms with Crippen molar-refractivity contribution in [1.29, 1.82) is 0 Å². The second kappa shape index (κ2) is 6.25. The van der Waals surface area contributed by atoms with Crippen LogP contribution in [-0.4, -0.2) is 59.5 Å². The monoisotopic (exact) mass is 364 g/mol. The molecule has 1 amide bonds. The number of nitrogens with zero attached hydrogens (tertiary/aromatic N) is 4. The van der Waals surface area contributed by atoms with Crippen LogP contribution < -0.4 is 0 Å². The van der Waals surface area contributed by atoms with Gasteiger partial charge >= 0.3 is 0 Å². The minimum atomic E-state index is -3.54. The second-order valence-corrected chi connectivity index (χ2v) is 9.26. The molecule has 0 radical (unpaired) electrons. The summed E-state index contributed by atoms with van der Waals surface area (Å²) in [5.74, 6) is 1.25. The quantitative estimate of drug-likeness (QED) is 0.746. The fourth-order valence-electron chi connectivity index (χ4n) is 4.33. The molecule has 3 atom stereocenters. The zero-order chi connectivity index (χ0) is 17.6. The maximum atomic E-state index is 12.9. The van der Waals surface area contributed by atoms with Crippen LogP contribution >= 0.6 is 0 Å². The van der Waals surface area contributed by atoms with Crippen LogP contribution in [0.15, 0.2) is 29.4 Å². The van der Waals surface area contributed by atoms with Crippen LogP contribution in [0.4, 0.5) is 0 Å². The minimum Gasteiger partial charge on any atom is -0.341 e. The van der Waals surface area contributed by atoms with E-state index in [1.54, 1.807) is 7.05 Å². The van der Waals surface area contributed by atoms with Crippen LogP contribution in [0.2, 0.25) is 0 Å². The van der Waals surface area contributed by atoms with Gasteiger partial charge in [-0.05, 0) is 31.1 Å². The molecule has 7 nitrogen and oxygen atoms in total. The fourth-order valence-corrected chi connectivity index (χ4v) is 5.79. The molecule has 2 aliphatic carbocycles. The van der Waals surface area contributed by atoms with Gasteiger partial charge in [-0.2, -0.15) is 9.40 Å². The summed E-state index contributed by atoms with van der Waals surface area (Å²) in [5, 5.41) is 3.96. The third-order valence-corrected chi connectivity index (χ3v) is 7.53. The van der Waals surface area contributed by atoms with Crippen molar-refractivity contribution in [3.63, 3.8) is 0 Å². The van der Waals surface area contributed by atoms with Gasteiger partial charge in [-0.15, -0.1) is 0 Å². The summed E-state index contributed by atoms with van der Waals surface area (Å²) in [4.78, 5) is 15.0. The predicted octanol–water partition coefficient (Wildman–Crippen LogP) is 0.855. The molecule has 25 heavy (non-hydrogen) atoms. The van der Waals surface area contributed by atoms with E-state index in [9.17, 15) is 13.2 Å². The molecule has 3 aliphatic rings. The van der Waals surface area contributed by atoms with Gasteiger partial charge in [-0.1, -0.05) is 12.2 Å². The number of allylic oxidation sites excluding steroid dienone is 2. The Balaban J connectivity index is 1.44. The summed E-state index contributed by atoms with van der Waals surface area (Å²) in [6.07, 6.45) is 10.0. The summed E-state index contributed by atoms with van der Waals surface area (Å²) in [6.45, 7) is 1.89. The molecule has 4 rings (SSSR count). The third-order valence-electron chi connectivity index (χ3n) is 5.68. The van der Waals surface area contributed by atoms with Gasteiger partial charge in [0, 0.05) is 45.3 Å². The van der Waals surface area contributed by atoms with Crippen molar-refractivity contribution in [1.82, 2.24) is 19.0 Å². The second-order valence-electron chi connectivity index (χ2n) is 7.32. The van der Waals surface area contributed by atoms with Gasteiger partial charge in [0.25, 0.3) is 0 Å². The fraction of sp³-hybridized carbons (Fsp3) is 0.647. The van der Waals surface area contributed by atoms with E-state index >= 15 is 0 Å². The van der Waals surface area contributed by atoms with Crippen LogP contribution in [0, 0.1) is 17.8 Å². The molecule has 3 unspecified atom stereocenters. The zero-order valence-electron chi connectivity index (χ0n) is 14.4. The van der Waals surface area contributed by atoms with E-state index in [1.165, 1.54) is 21.4 Å². The maximum Gasteiger partial charge on any atom is 0.246 e. The molecule has 0 spiro atoms. The highest BCUT2D eigenvalue weighted by atomic mass is 32.2. The van der Waals surface area contributed by atoms with E-state index in [2.05, 4.69) is 17.3 Å². The molecule has 2 bridgehead atoms. The maximum absolute atomic E-state index is 12.9. The first kappa shape index (κ1) is 16.8. The standard InChI is InChI=1S/C17H24N4O3S/c1-19-12-15(11-18-19)25(23,24)21-6-2-5-20(7-8-21)17(22)16-10-13-3-4-14(16)9-13/h3-4,11-14,16H,2,5-10H2,1H3. The Morgan fingerprint density at radius 2 is 2.00 bits per heavy atom. The normalized spacial score (nSPS) is 30.0. The van der Waals surface area contributed by atoms with E-state index in [4.69, 9.17) is 0 Å². The smallest absolute Gasteiger partial charge is 0.246 e. The minimum absolute atomic E-state index is 0.0940. The van der Waals surface area contributed by atoms with Gasteiger partial charge in [0.15, 0.2) is 0 Å². The van der Waals surface area contributed by atoms with E-state index < -0.39 is 10.0 Å². The Morgan fingerprint density at radius 3 is 2.64 bits per heavy atom. The molecular weight excluding hydrogens is 340 g/mol. The van der Waals surface area contributed by atoms with Crippen molar-refractivity contribution < 1.29 is 13.2 Å². The molecule has 1 saturated carbocycles. The number of carbonyl (C=O) groups is 1. The lowest BCUT2D eigenvalue weighted by Gasteiger charge is -2.27. The number of amides is 1. The van der Waals surface area contributed by atoms with Gasteiger partial charge in [0.05, 0.1) is 6.20 Å². The summed E-state index contributed by atoms with van der Waals surface area (Å²) in [7, 11) is -1.84. The highest BCUT2D eigenvalue weighted by molar-refractivity contribution is 7.89. The Hall–Kier alpha value is -1.67. The SMILES string of the molecule is Cn1cc(S(=O)(=O)N2CCCN(C(=O)C3CC4C=CC3C4)CC2)cn1. The van der Waals surface area contributed by atoms with E-state index in [0.717, 1.165) is 12.8 Å². The van der Waals surface area contributed by atoms with Crippen molar-refractivity contribution in [2.45, 2.75) is 24.2 Å². The number of sulfonamides is 1. The number of carbonyl (C=O) groups excluding carboxylic acids is 1. The molecule has 0 aromatic carbocycles. The Bertz CT molecular complexity index is 801. The predicted molar refractivity (Wildman–Crippen MR) is 92.0 cm³/mol. The van der Waals surface area contributed by atoms with Crippen LogP contribution in [0.25, 0.3) is 0 Å². The largest absolute Gasteiger partial charge is 0.341 e. The molecule has 2 heterocycles. The molecule has 2 fully saturated rings. The molecule has 1 aromatic rings.